The fourth-order valence-electron chi connectivity index (χ4n) is 2.66. The summed E-state index contributed by atoms with van der Waals surface area (Å²) in [6.07, 6.45) is 2.87. The summed E-state index contributed by atoms with van der Waals surface area (Å²) in [5, 5.41) is 2.75. The molecule has 1 aliphatic carbocycles. The van der Waals surface area contributed by atoms with E-state index in [0.717, 1.165) is 12.8 Å². The molecule has 2 rings (SSSR count). The lowest BCUT2D eigenvalue weighted by Crippen LogP contribution is -2.63. The molecule has 1 saturated heterocycles. The Bertz CT molecular complexity index is 316. The van der Waals surface area contributed by atoms with Crippen molar-refractivity contribution < 1.29 is 9.59 Å². The predicted octanol–water partition coefficient (Wildman–Crippen LogP) is 0.910. The molecule has 4 atom stereocenters. The maximum Gasteiger partial charge on any atom is 0.245 e. The normalized spacial score (nSPS) is 38.6. The number of carbonyl (C=O) groups is 2. The van der Waals surface area contributed by atoms with Crippen LogP contribution in [0.4, 0.5) is 0 Å². The van der Waals surface area contributed by atoms with Gasteiger partial charge in [-0.15, -0.1) is 0 Å². The van der Waals surface area contributed by atoms with Gasteiger partial charge in [-0.2, -0.15) is 0 Å². The molecular weight excluding hydrogens is 204 g/mol. The Hall–Kier alpha value is -1.06. The molecule has 2 aliphatic rings. The van der Waals surface area contributed by atoms with Gasteiger partial charge >= 0.3 is 0 Å². The summed E-state index contributed by atoms with van der Waals surface area (Å²) >= 11 is 0. The molecule has 0 aromatic rings. The van der Waals surface area contributed by atoms with E-state index in [1.54, 1.807) is 6.92 Å². The maximum absolute atomic E-state index is 12.1. The van der Waals surface area contributed by atoms with Gasteiger partial charge in [0.25, 0.3) is 0 Å². The Labute approximate surface area is 96.4 Å². The molecule has 0 bridgehead atoms. The van der Waals surface area contributed by atoms with Gasteiger partial charge in [0.2, 0.25) is 11.8 Å². The molecule has 4 heteroatoms. The number of hydrogen-bond donors (Lipinski definition) is 1. The quantitative estimate of drug-likeness (QED) is 0.774. The van der Waals surface area contributed by atoms with Crippen molar-refractivity contribution in [3.05, 3.63) is 0 Å². The Kier molecular flexibility index (Phi) is 2.91. The molecule has 2 amide bonds. The summed E-state index contributed by atoms with van der Waals surface area (Å²) in [4.78, 5) is 25.8. The third-order valence-corrected chi connectivity index (χ3v) is 3.78. The number of nitrogens with zero attached hydrogens (tertiary/aromatic N) is 1. The topological polar surface area (TPSA) is 49.4 Å². The van der Waals surface area contributed by atoms with Crippen molar-refractivity contribution in [2.75, 3.05) is 0 Å². The number of rotatable bonds is 3. The number of hydrogen-bond acceptors (Lipinski definition) is 2. The molecule has 0 radical (unpaired) electrons. The van der Waals surface area contributed by atoms with Crippen LogP contribution in [-0.2, 0) is 9.59 Å². The summed E-state index contributed by atoms with van der Waals surface area (Å²) in [6, 6.07) is -0.283. The molecule has 0 aromatic heterocycles. The highest BCUT2D eigenvalue weighted by atomic mass is 16.2. The molecular formula is C12H20N2O2. The number of piperazine rings is 1. The fourth-order valence-corrected chi connectivity index (χ4v) is 2.66. The van der Waals surface area contributed by atoms with Gasteiger partial charge in [0.1, 0.15) is 12.1 Å². The van der Waals surface area contributed by atoms with E-state index in [1.807, 2.05) is 11.8 Å². The van der Waals surface area contributed by atoms with Crippen LogP contribution in [0.5, 0.6) is 0 Å². The molecule has 1 saturated carbocycles. The van der Waals surface area contributed by atoms with E-state index < -0.39 is 0 Å². The van der Waals surface area contributed by atoms with Crippen LogP contribution in [0.1, 0.15) is 40.0 Å². The lowest BCUT2D eigenvalue weighted by Gasteiger charge is -2.38. The van der Waals surface area contributed by atoms with Gasteiger partial charge in [0, 0.05) is 6.04 Å². The standard InChI is InChI=1S/C12H20N2O2/c1-4-8-6-10(8)14-9(5-2)11(15)13-7(3)12(14)16/h7-10H,4-6H2,1-3H3,(H,13,15). The van der Waals surface area contributed by atoms with E-state index >= 15 is 0 Å². The lowest BCUT2D eigenvalue weighted by molar-refractivity contribution is -0.149. The van der Waals surface area contributed by atoms with E-state index in [9.17, 15) is 9.59 Å². The van der Waals surface area contributed by atoms with Crippen molar-refractivity contribution in [1.29, 1.82) is 0 Å². The zero-order chi connectivity index (χ0) is 11.9. The molecule has 1 heterocycles. The number of nitrogens with one attached hydrogen (secondary N) is 1. The summed E-state index contributed by atoms with van der Waals surface area (Å²) < 4.78 is 0. The Morgan fingerprint density at radius 2 is 2.00 bits per heavy atom. The van der Waals surface area contributed by atoms with Crippen LogP contribution in [0.15, 0.2) is 0 Å². The summed E-state index contributed by atoms with van der Waals surface area (Å²) in [6.45, 7) is 5.87. The minimum atomic E-state index is -0.353. The van der Waals surface area contributed by atoms with Gasteiger partial charge in [-0.25, -0.2) is 0 Å². The molecule has 90 valence electrons. The van der Waals surface area contributed by atoms with Crippen LogP contribution >= 0.6 is 0 Å². The second-order valence-corrected chi connectivity index (χ2v) is 4.87. The van der Waals surface area contributed by atoms with E-state index in [4.69, 9.17) is 0 Å². The first-order chi connectivity index (χ1) is 7.60. The third kappa shape index (κ3) is 1.70. The lowest BCUT2D eigenvalue weighted by atomic mass is 10.1. The largest absolute Gasteiger partial charge is 0.343 e. The van der Waals surface area contributed by atoms with Crippen LogP contribution in [-0.4, -0.2) is 34.8 Å². The molecule has 4 nitrogen and oxygen atoms in total. The highest BCUT2D eigenvalue weighted by Crippen LogP contribution is 2.40. The van der Waals surface area contributed by atoms with E-state index in [2.05, 4.69) is 12.2 Å². The van der Waals surface area contributed by atoms with Crippen molar-refractivity contribution in [3.8, 4) is 0 Å². The monoisotopic (exact) mass is 224 g/mol. The Balaban J connectivity index is 2.17. The average Bonchev–Trinajstić information content (AvgIpc) is 3.02. The molecule has 0 aromatic carbocycles. The predicted molar refractivity (Wildman–Crippen MR) is 60.7 cm³/mol. The van der Waals surface area contributed by atoms with Gasteiger partial charge in [-0.05, 0) is 25.7 Å². The van der Waals surface area contributed by atoms with Gasteiger partial charge in [0.15, 0.2) is 0 Å². The first-order valence-corrected chi connectivity index (χ1v) is 6.22. The number of amides is 2. The van der Waals surface area contributed by atoms with E-state index in [1.165, 1.54) is 0 Å². The van der Waals surface area contributed by atoms with Gasteiger partial charge in [0.05, 0.1) is 0 Å². The second kappa shape index (κ2) is 4.07. The highest BCUT2D eigenvalue weighted by molar-refractivity contribution is 5.97. The molecule has 1 aliphatic heterocycles. The summed E-state index contributed by atoms with van der Waals surface area (Å²) in [5.41, 5.74) is 0. The SMILES string of the molecule is CCC1CC1N1C(=O)C(C)NC(=O)C1CC. The second-order valence-electron chi connectivity index (χ2n) is 4.87. The van der Waals surface area contributed by atoms with Crippen molar-refractivity contribution in [2.24, 2.45) is 5.92 Å². The van der Waals surface area contributed by atoms with Crippen molar-refractivity contribution in [3.63, 3.8) is 0 Å². The third-order valence-electron chi connectivity index (χ3n) is 3.78. The first kappa shape index (κ1) is 11.4. The summed E-state index contributed by atoms with van der Waals surface area (Å²) in [5.74, 6) is 0.708. The van der Waals surface area contributed by atoms with Crippen LogP contribution in [0, 0.1) is 5.92 Å². The van der Waals surface area contributed by atoms with Crippen molar-refractivity contribution in [1.82, 2.24) is 10.2 Å². The smallest absolute Gasteiger partial charge is 0.245 e. The number of carbonyl (C=O) groups excluding carboxylic acids is 2. The van der Waals surface area contributed by atoms with Gasteiger partial charge in [-0.3, -0.25) is 9.59 Å². The minimum absolute atomic E-state index is 0.0105. The van der Waals surface area contributed by atoms with Gasteiger partial charge < -0.3 is 10.2 Å². The minimum Gasteiger partial charge on any atom is -0.343 e. The Morgan fingerprint density at radius 1 is 1.31 bits per heavy atom. The molecule has 1 N–H and O–H groups in total. The first-order valence-electron chi connectivity index (χ1n) is 6.22. The summed E-state index contributed by atoms with van der Waals surface area (Å²) in [7, 11) is 0. The molecule has 2 fully saturated rings. The van der Waals surface area contributed by atoms with Crippen molar-refractivity contribution in [2.45, 2.75) is 58.2 Å². The maximum atomic E-state index is 12.1. The zero-order valence-corrected chi connectivity index (χ0v) is 10.2. The van der Waals surface area contributed by atoms with Crippen molar-refractivity contribution >= 4 is 11.8 Å². The van der Waals surface area contributed by atoms with Crippen LogP contribution in [0.3, 0.4) is 0 Å². The average molecular weight is 224 g/mol. The molecule has 4 unspecified atom stereocenters. The van der Waals surface area contributed by atoms with E-state index in [-0.39, 0.29) is 23.9 Å². The van der Waals surface area contributed by atoms with Gasteiger partial charge in [-0.1, -0.05) is 20.3 Å². The zero-order valence-electron chi connectivity index (χ0n) is 10.2. The fraction of sp³-hybridized carbons (Fsp3) is 0.833. The van der Waals surface area contributed by atoms with Crippen LogP contribution in [0.25, 0.3) is 0 Å². The van der Waals surface area contributed by atoms with Crippen LogP contribution < -0.4 is 5.32 Å². The van der Waals surface area contributed by atoms with Crippen LogP contribution in [0.2, 0.25) is 0 Å². The molecule has 0 spiro atoms. The Morgan fingerprint density at radius 3 is 2.50 bits per heavy atom. The molecule has 16 heavy (non-hydrogen) atoms. The van der Waals surface area contributed by atoms with E-state index in [0.29, 0.717) is 18.4 Å². The highest BCUT2D eigenvalue weighted by Gasteiger charge is 2.49.